The minimum atomic E-state index is 0.560. The molecule has 0 aromatic rings. The zero-order valence-electron chi connectivity index (χ0n) is 14.8. The standard InChI is InChI=1S/C19H37I/c1-7-15(3)16(8-2)17(10-13-20)19(6)12-9-11-18(4,5)14-19/h15-17H,7-14H2,1-6H3. The van der Waals surface area contributed by atoms with Gasteiger partial charge in [0.25, 0.3) is 0 Å². The molecular formula is C19H37I. The van der Waals surface area contributed by atoms with Crippen LogP contribution in [0.2, 0.25) is 0 Å². The molecule has 0 aromatic heterocycles. The van der Waals surface area contributed by atoms with Gasteiger partial charge in [0.05, 0.1) is 0 Å². The summed E-state index contributed by atoms with van der Waals surface area (Å²) in [5.41, 5.74) is 1.14. The molecule has 0 aromatic carbocycles. The Balaban J connectivity index is 2.98. The third-order valence-electron chi connectivity index (χ3n) is 6.16. The van der Waals surface area contributed by atoms with E-state index in [1.807, 2.05) is 0 Å². The first kappa shape index (κ1) is 18.8. The molecule has 1 fully saturated rings. The maximum Gasteiger partial charge on any atom is -0.000178 e. The highest BCUT2D eigenvalue weighted by Crippen LogP contribution is 2.54. The van der Waals surface area contributed by atoms with Crippen molar-refractivity contribution in [1.29, 1.82) is 0 Å². The lowest BCUT2D eigenvalue weighted by Crippen LogP contribution is -2.41. The number of hydrogen-bond acceptors (Lipinski definition) is 0. The molecule has 0 amide bonds. The van der Waals surface area contributed by atoms with Crippen LogP contribution in [0.25, 0.3) is 0 Å². The van der Waals surface area contributed by atoms with Crippen molar-refractivity contribution in [1.82, 2.24) is 0 Å². The predicted molar refractivity (Wildman–Crippen MR) is 101 cm³/mol. The molecule has 0 heterocycles. The van der Waals surface area contributed by atoms with E-state index < -0.39 is 0 Å². The first-order valence-electron chi connectivity index (χ1n) is 8.85. The fourth-order valence-corrected chi connectivity index (χ4v) is 5.81. The molecule has 1 aliphatic carbocycles. The Hall–Kier alpha value is 0.730. The predicted octanol–water partition coefficient (Wildman–Crippen LogP) is 7.11. The van der Waals surface area contributed by atoms with Gasteiger partial charge in [0.15, 0.2) is 0 Å². The van der Waals surface area contributed by atoms with Gasteiger partial charge in [0.2, 0.25) is 0 Å². The molecule has 0 bridgehead atoms. The molecule has 0 radical (unpaired) electrons. The molecule has 0 nitrogen and oxygen atoms in total. The quantitative estimate of drug-likeness (QED) is 0.320. The van der Waals surface area contributed by atoms with E-state index >= 15 is 0 Å². The summed E-state index contributed by atoms with van der Waals surface area (Å²) in [5.74, 6) is 2.74. The number of halogens is 1. The Kier molecular flexibility index (Phi) is 7.35. The largest absolute Gasteiger partial charge is 0.0864 e. The van der Waals surface area contributed by atoms with E-state index in [4.69, 9.17) is 0 Å². The zero-order valence-corrected chi connectivity index (χ0v) is 16.9. The summed E-state index contributed by atoms with van der Waals surface area (Å²) < 4.78 is 1.32. The average molecular weight is 392 g/mol. The molecule has 120 valence electrons. The third-order valence-corrected chi connectivity index (χ3v) is 6.79. The van der Waals surface area contributed by atoms with Crippen LogP contribution in [-0.4, -0.2) is 4.43 Å². The summed E-state index contributed by atoms with van der Waals surface area (Å²) in [6.07, 6.45) is 9.91. The maximum atomic E-state index is 2.62. The molecule has 20 heavy (non-hydrogen) atoms. The van der Waals surface area contributed by atoms with E-state index in [9.17, 15) is 0 Å². The highest BCUT2D eigenvalue weighted by atomic mass is 127. The van der Waals surface area contributed by atoms with Gasteiger partial charge in [-0.05, 0) is 58.7 Å². The van der Waals surface area contributed by atoms with Crippen LogP contribution >= 0.6 is 22.6 Å². The van der Waals surface area contributed by atoms with Crippen LogP contribution in [0.5, 0.6) is 0 Å². The normalized spacial score (nSPS) is 30.8. The Morgan fingerprint density at radius 1 is 1.05 bits per heavy atom. The summed E-state index contributed by atoms with van der Waals surface area (Å²) in [4.78, 5) is 0. The van der Waals surface area contributed by atoms with Crippen molar-refractivity contribution < 1.29 is 0 Å². The molecule has 1 aliphatic rings. The van der Waals surface area contributed by atoms with Crippen LogP contribution in [0.4, 0.5) is 0 Å². The van der Waals surface area contributed by atoms with E-state index in [0.29, 0.717) is 10.8 Å². The van der Waals surface area contributed by atoms with Crippen molar-refractivity contribution in [3.63, 3.8) is 0 Å². The van der Waals surface area contributed by atoms with Gasteiger partial charge in [-0.3, -0.25) is 0 Å². The van der Waals surface area contributed by atoms with Crippen LogP contribution in [0.3, 0.4) is 0 Å². The van der Waals surface area contributed by atoms with Crippen molar-refractivity contribution >= 4 is 22.6 Å². The molecule has 0 N–H and O–H groups in total. The fourth-order valence-electron chi connectivity index (χ4n) is 5.14. The molecule has 0 aliphatic heterocycles. The Morgan fingerprint density at radius 2 is 1.70 bits per heavy atom. The van der Waals surface area contributed by atoms with Gasteiger partial charge >= 0.3 is 0 Å². The monoisotopic (exact) mass is 392 g/mol. The van der Waals surface area contributed by atoms with Gasteiger partial charge in [0, 0.05) is 0 Å². The second-order valence-electron chi connectivity index (χ2n) is 8.39. The van der Waals surface area contributed by atoms with Crippen LogP contribution in [0.15, 0.2) is 0 Å². The van der Waals surface area contributed by atoms with Gasteiger partial charge in [-0.1, -0.05) is 83.4 Å². The van der Waals surface area contributed by atoms with Crippen LogP contribution in [0.1, 0.15) is 86.5 Å². The van der Waals surface area contributed by atoms with Crippen molar-refractivity contribution in [2.45, 2.75) is 86.5 Å². The van der Waals surface area contributed by atoms with Crippen LogP contribution in [-0.2, 0) is 0 Å². The highest BCUT2D eigenvalue weighted by molar-refractivity contribution is 14.1. The first-order valence-corrected chi connectivity index (χ1v) is 10.4. The molecule has 1 heteroatoms. The minimum Gasteiger partial charge on any atom is -0.0864 e. The van der Waals surface area contributed by atoms with E-state index in [0.717, 1.165) is 17.8 Å². The van der Waals surface area contributed by atoms with Crippen molar-refractivity contribution in [3.05, 3.63) is 0 Å². The molecule has 4 unspecified atom stereocenters. The van der Waals surface area contributed by atoms with Gasteiger partial charge in [-0.25, -0.2) is 0 Å². The molecular weight excluding hydrogens is 355 g/mol. The maximum absolute atomic E-state index is 2.62. The average Bonchev–Trinajstić information content (AvgIpc) is 2.36. The molecule has 0 saturated heterocycles. The molecule has 1 rings (SSSR count). The lowest BCUT2D eigenvalue weighted by Gasteiger charge is -2.51. The van der Waals surface area contributed by atoms with E-state index in [2.05, 4.69) is 64.1 Å². The highest BCUT2D eigenvalue weighted by Gasteiger charge is 2.44. The Bertz CT molecular complexity index is 283. The van der Waals surface area contributed by atoms with Gasteiger partial charge in [-0.15, -0.1) is 0 Å². The topological polar surface area (TPSA) is 0 Å². The van der Waals surface area contributed by atoms with E-state index in [-0.39, 0.29) is 0 Å². The van der Waals surface area contributed by atoms with Gasteiger partial charge in [-0.2, -0.15) is 0 Å². The van der Waals surface area contributed by atoms with Gasteiger partial charge in [0.1, 0.15) is 0 Å². The van der Waals surface area contributed by atoms with Crippen LogP contribution in [0, 0.1) is 28.6 Å². The van der Waals surface area contributed by atoms with Crippen LogP contribution < -0.4 is 0 Å². The Morgan fingerprint density at radius 3 is 2.15 bits per heavy atom. The van der Waals surface area contributed by atoms with Crippen molar-refractivity contribution in [2.24, 2.45) is 28.6 Å². The summed E-state index contributed by atoms with van der Waals surface area (Å²) in [6.45, 7) is 14.9. The molecule has 0 spiro atoms. The minimum absolute atomic E-state index is 0.560. The van der Waals surface area contributed by atoms with Gasteiger partial charge < -0.3 is 0 Å². The lowest BCUT2D eigenvalue weighted by molar-refractivity contribution is -0.00256. The number of rotatable bonds is 7. The smallest absolute Gasteiger partial charge is 0.000178 e. The third kappa shape index (κ3) is 4.61. The van der Waals surface area contributed by atoms with Crippen molar-refractivity contribution in [2.75, 3.05) is 4.43 Å². The second-order valence-corrected chi connectivity index (χ2v) is 9.47. The van der Waals surface area contributed by atoms with Crippen molar-refractivity contribution in [3.8, 4) is 0 Å². The fraction of sp³-hybridized carbons (Fsp3) is 1.00. The van der Waals surface area contributed by atoms with E-state index in [1.54, 1.807) is 0 Å². The summed E-state index contributed by atoms with van der Waals surface area (Å²) >= 11 is 2.60. The summed E-state index contributed by atoms with van der Waals surface area (Å²) in [7, 11) is 0. The molecule has 1 saturated carbocycles. The zero-order chi connectivity index (χ0) is 15.4. The Labute approximate surface area is 142 Å². The number of hydrogen-bond donors (Lipinski definition) is 0. The lowest BCUT2D eigenvalue weighted by atomic mass is 9.55. The molecule has 4 atom stereocenters. The SMILES string of the molecule is CCC(C)C(CC)C(CCI)C1(C)CCCC(C)(C)C1. The first-order chi connectivity index (χ1) is 9.29. The summed E-state index contributed by atoms with van der Waals surface area (Å²) in [5, 5.41) is 0. The number of alkyl halides is 1. The second kappa shape index (κ2) is 7.83. The summed E-state index contributed by atoms with van der Waals surface area (Å²) in [6, 6.07) is 0. The van der Waals surface area contributed by atoms with E-state index in [1.165, 1.54) is 49.4 Å².